The van der Waals surface area contributed by atoms with E-state index in [4.69, 9.17) is 28.3 Å². The minimum absolute atomic E-state index is 0.302. The van der Waals surface area contributed by atoms with Crippen LogP contribution in [-0.4, -0.2) is 21.0 Å². The molecule has 1 heterocycles. The number of halogens is 2. The molecule has 2 rings (SSSR count). The first-order valence-electron chi connectivity index (χ1n) is 5.39. The number of hydrogen-bond donors (Lipinski definition) is 1. The van der Waals surface area contributed by atoms with Crippen LogP contribution in [0, 0.1) is 10.1 Å². The van der Waals surface area contributed by atoms with Gasteiger partial charge in [0, 0.05) is 4.90 Å². The fraction of sp³-hybridized carbons (Fsp3) is 0. The zero-order chi connectivity index (χ0) is 15.6. The molecule has 9 heteroatoms. The molecule has 0 bridgehead atoms. The summed E-state index contributed by atoms with van der Waals surface area (Å²) in [6, 6.07) is 6.02. The number of aromatic carboxylic acids is 1. The Morgan fingerprint density at radius 2 is 2.00 bits per heavy atom. The van der Waals surface area contributed by atoms with E-state index in [2.05, 4.69) is 4.98 Å². The van der Waals surface area contributed by atoms with E-state index in [9.17, 15) is 14.9 Å². The third-order valence-corrected chi connectivity index (χ3v) is 4.06. The van der Waals surface area contributed by atoms with Crippen molar-refractivity contribution in [1.29, 1.82) is 0 Å². The van der Waals surface area contributed by atoms with Gasteiger partial charge in [-0.25, -0.2) is 9.78 Å². The lowest BCUT2D eigenvalue weighted by atomic mass is 10.2. The molecule has 0 spiro atoms. The highest BCUT2D eigenvalue weighted by Gasteiger charge is 2.21. The summed E-state index contributed by atoms with van der Waals surface area (Å²) < 4.78 is 0. The Hall–Kier alpha value is -1.83. The molecule has 6 nitrogen and oxygen atoms in total. The molecule has 0 aliphatic rings. The molecular formula is C12H6Cl2N2O4S. The highest BCUT2D eigenvalue weighted by Crippen LogP contribution is 2.33. The quantitative estimate of drug-likeness (QED) is 0.661. The van der Waals surface area contributed by atoms with Crippen LogP contribution in [0.4, 0.5) is 5.69 Å². The summed E-state index contributed by atoms with van der Waals surface area (Å²) in [6.07, 6.45) is 0.920. The van der Waals surface area contributed by atoms with Gasteiger partial charge >= 0.3 is 11.7 Å². The number of benzene rings is 1. The van der Waals surface area contributed by atoms with Crippen molar-refractivity contribution >= 4 is 46.6 Å². The van der Waals surface area contributed by atoms with Crippen molar-refractivity contribution in [1.82, 2.24) is 4.98 Å². The zero-order valence-electron chi connectivity index (χ0n) is 10.1. The molecule has 21 heavy (non-hydrogen) atoms. The highest BCUT2D eigenvalue weighted by atomic mass is 35.5. The number of rotatable bonds is 4. The second kappa shape index (κ2) is 6.30. The smallest absolute Gasteiger partial charge is 0.342 e. The van der Waals surface area contributed by atoms with Crippen LogP contribution < -0.4 is 0 Å². The van der Waals surface area contributed by atoms with E-state index in [1.807, 2.05) is 0 Å². The van der Waals surface area contributed by atoms with Gasteiger partial charge in [-0.2, -0.15) is 0 Å². The number of hydrogen-bond acceptors (Lipinski definition) is 5. The minimum Gasteiger partial charge on any atom is -0.477 e. The first-order valence-corrected chi connectivity index (χ1v) is 6.96. The first-order chi connectivity index (χ1) is 9.88. The zero-order valence-corrected chi connectivity index (χ0v) is 12.4. The molecule has 0 aliphatic carbocycles. The fourth-order valence-electron chi connectivity index (χ4n) is 1.46. The second-order valence-corrected chi connectivity index (χ2v) is 5.69. The van der Waals surface area contributed by atoms with Gasteiger partial charge in [0.15, 0.2) is 0 Å². The van der Waals surface area contributed by atoms with Crippen molar-refractivity contribution < 1.29 is 14.8 Å². The number of nitro groups is 1. The molecule has 0 saturated heterocycles. The molecule has 0 saturated carbocycles. The highest BCUT2D eigenvalue weighted by molar-refractivity contribution is 7.99. The molecule has 0 fully saturated rings. The predicted octanol–water partition coefficient (Wildman–Crippen LogP) is 4.15. The van der Waals surface area contributed by atoms with E-state index in [1.165, 1.54) is 0 Å². The lowest BCUT2D eigenvalue weighted by Crippen LogP contribution is -2.03. The average Bonchev–Trinajstić information content (AvgIpc) is 2.42. The van der Waals surface area contributed by atoms with Crippen molar-refractivity contribution in [2.24, 2.45) is 0 Å². The summed E-state index contributed by atoms with van der Waals surface area (Å²) >= 11 is 12.8. The van der Waals surface area contributed by atoms with Crippen LogP contribution >= 0.6 is 35.0 Å². The van der Waals surface area contributed by atoms with Crippen LogP contribution in [0.15, 0.2) is 40.4 Å². The summed E-state index contributed by atoms with van der Waals surface area (Å²) in [5.41, 5.74) is -0.974. The largest absolute Gasteiger partial charge is 0.477 e. The Morgan fingerprint density at radius 3 is 2.57 bits per heavy atom. The van der Waals surface area contributed by atoms with E-state index < -0.39 is 22.1 Å². The molecule has 0 amide bonds. The van der Waals surface area contributed by atoms with Crippen LogP contribution in [0.5, 0.6) is 0 Å². The molecular weight excluding hydrogens is 339 g/mol. The van der Waals surface area contributed by atoms with Gasteiger partial charge in [0.25, 0.3) is 0 Å². The van der Waals surface area contributed by atoms with Crippen LogP contribution in [-0.2, 0) is 0 Å². The predicted molar refractivity (Wildman–Crippen MR) is 78.4 cm³/mol. The van der Waals surface area contributed by atoms with E-state index in [1.54, 1.807) is 18.2 Å². The summed E-state index contributed by atoms with van der Waals surface area (Å²) in [7, 11) is 0. The maximum atomic E-state index is 11.0. The topological polar surface area (TPSA) is 93.3 Å². The second-order valence-electron chi connectivity index (χ2n) is 3.78. The number of aromatic nitrogens is 1. The molecule has 108 valence electrons. The van der Waals surface area contributed by atoms with Crippen molar-refractivity contribution in [3.8, 4) is 0 Å². The van der Waals surface area contributed by atoms with Gasteiger partial charge in [0.05, 0.1) is 15.0 Å². The Labute approximate surface area is 132 Å². The van der Waals surface area contributed by atoms with Crippen molar-refractivity contribution in [2.45, 2.75) is 9.92 Å². The minimum atomic E-state index is -1.39. The Kier molecular flexibility index (Phi) is 4.66. The lowest BCUT2D eigenvalue weighted by Gasteiger charge is -2.04. The standard InChI is InChI=1S/C12H6Cl2N2O4S/c13-8-2-1-6(3-9(8)14)21-11-4-7(12(17)18)10(5-15-11)16(19)20/h1-5H,(H,17,18). The normalized spacial score (nSPS) is 10.4. The maximum Gasteiger partial charge on any atom is 0.342 e. The van der Waals surface area contributed by atoms with Crippen LogP contribution in [0.3, 0.4) is 0 Å². The van der Waals surface area contributed by atoms with Crippen LogP contribution in [0.1, 0.15) is 10.4 Å². The monoisotopic (exact) mass is 344 g/mol. The molecule has 0 atom stereocenters. The van der Waals surface area contributed by atoms with Gasteiger partial charge in [0.2, 0.25) is 0 Å². The summed E-state index contributed by atoms with van der Waals surface area (Å²) in [4.78, 5) is 25.6. The van der Waals surface area contributed by atoms with Gasteiger partial charge in [-0.05, 0) is 24.3 Å². The van der Waals surface area contributed by atoms with E-state index in [-0.39, 0.29) is 0 Å². The third kappa shape index (κ3) is 3.63. The summed E-state index contributed by atoms with van der Waals surface area (Å²) in [5.74, 6) is -1.39. The summed E-state index contributed by atoms with van der Waals surface area (Å²) in [6.45, 7) is 0. The number of carbonyl (C=O) groups is 1. The Balaban J connectivity index is 2.36. The molecule has 0 unspecified atom stereocenters. The molecule has 0 aliphatic heterocycles. The molecule has 2 aromatic rings. The van der Waals surface area contributed by atoms with E-state index in [0.717, 1.165) is 24.0 Å². The number of carboxylic acids is 1. The number of pyridine rings is 1. The summed E-state index contributed by atoms with van der Waals surface area (Å²) in [5, 5.41) is 20.8. The SMILES string of the molecule is O=C(O)c1cc(Sc2ccc(Cl)c(Cl)c2)ncc1[N+](=O)[O-]. The van der Waals surface area contributed by atoms with E-state index in [0.29, 0.717) is 20.0 Å². The van der Waals surface area contributed by atoms with Crippen molar-refractivity contribution in [3.63, 3.8) is 0 Å². The van der Waals surface area contributed by atoms with Crippen molar-refractivity contribution in [3.05, 3.63) is 56.2 Å². The number of nitrogens with zero attached hydrogens (tertiary/aromatic N) is 2. The maximum absolute atomic E-state index is 11.0. The average molecular weight is 345 g/mol. The van der Waals surface area contributed by atoms with E-state index >= 15 is 0 Å². The van der Waals surface area contributed by atoms with Crippen LogP contribution in [0.2, 0.25) is 10.0 Å². The Bertz CT molecular complexity index is 739. The van der Waals surface area contributed by atoms with Crippen LogP contribution in [0.25, 0.3) is 0 Å². The van der Waals surface area contributed by atoms with Crippen molar-refractivity contribution in [2.75, 3.05) is 0 Å². The lowest BCUT2D eigenvalue weighted by molar-refractivity contribution is -0.385. The molecule has 1 N–H and O–H groups in total. The molecule has 0 radical (unpaired) electrons. The fourth-order valence-corrected chi connectivity index (χ4v) is 2.66. The van der Waals surface area contributed by atoms with Gasteiger partial charge in [-0.3, -0.25) is 10.1 Å². The van der Waals surface area contributed by atoms with Gasteiger partial charge < -0.3 is 5.11 Å². The van der Waals surface area contributed by atoms with Gasteiger partial charge in [-0.1, -0.05) is 35.0 Å². The van der Waals surface area contributed by atoms with Gasteiger partial charge in [-0.15, -0.1) is 0 Å². The molecule has 1 aromatic heterocycles. The molecule has 1 aromatic carbocycles. The van der Waals surface area contributed by atoms with Gasteiger partial charge in [0.1, 0.15) is 16.8 Å². The Morgan fingerprint density at radius 1 is 1.29 bits per heavy atom. The first kappa shape index (κ1) is 15.6. The number of carboxylic acid groups (broad SMARTS) is 1. The third-order valence-electron chi connectivity index (χ3n) is 2.40.